The maximum absolute atomic E-state index is 11.7. The van der Waals surface area contributed by atoms with E-state index >= 15 is 0 Å². The maximum Gasteiger partial charge on any atom is 0.433 e. The molecule has 1 aliphatic carbocycles. The number of carbonyl (C=O) groups is 1. The second kappa shape index (κ2) is 5.83. The van der Waals surface area contributed by atoms with Gasteiger partial charge in [-0.25, -0.2) is 0 Å². The van der Waals surface area contributed by atoms with Crippen LogP contribution < -0.4 is 5.32 Å². The van der Waals surface area contributed by atoms with E-state index < -0.39 is 22.8 Å². The van der Waals surface area contributed by atoms with Gasteiger partial charge in [-0.1, -0.05) is 12.8 Å². The van der Waals surface area contributed by atoms with E-state index in [1.807, 2.05) is 0 Å². The van der Waals surface area contributed by atoms with Crippen LogP contribution in [0.5, 0.6) is 0 Å². The summed E-state index contributed by atoms with van der Waals surface area (Å²) in [5, 5.41) is 22.8. The third-order valence-corrected chi connectivity index (χ3v) is 3.41. The highest BCUT2D eigenvalue weighted by atomic mass is 16.6. The van der Waals surface area contributed by atoms with Crippen LogP contribution in [0.25, 0.3) is 0 Å². The maximum atomic E-state index is 11.7. The zero-order valence-electron chi connectivity index (χ0n) is 10.4. The number of hydrogen-bond acceptors (Lipinski definition) is 5. The van der Waals surface area contributed by atoms with Gasteiger partial charge < -0.3 is 14.8 Å². The predicted molar refractivity (Wildman–Crippen MR) is 65.7 cm³/mol. The molecule has 1 heterocycles. The molecule has 2 N–H and O–H groups in total. The Morgan fingerprint density at radius 3 is 2.79 bits per heavy atom. The number of aliphatic hydroxyl groups excluding tert-OH is 1. The molecule has 1 aliphatic rings. The molecular formula is C12H16N2O5. The van der Waals surface area contributed by atoms with Crippen LogP contribution in [0.15, 0.2) is 16.5 Å². The average molecular weight is 268 g/mol. The lowest BCUT2D eigenvalue weighted by Crippen LogP contribution is -2.35. The van der Waals surface area contributed by atoms with E-state index in [4.69, 9.17) is 4.42 Å². The van der Waals surface area contributed by atoms with Gasteiger partial charge >= 0.3 is 5.88 Å². The Morgan fingerprint density at radius 1 is 1.53 bits per heavy atom. The molecule has 2 rings (SSSR count). The summed E-state index contributed by atoms with van der Waals surface area (Å²) >= 11 is 0. The Morgan fingerprint density at radius 2 is 2.21 bits per heavy atom. The minimum absolute atomic E-state index is 0.120. The summed E-state index contributed by atoms with van der Waals surface area (Å²) in [4.78, 5) is 21.4. The van der Waals surface area contributed by atoms with Crippen molar-refractivity contribution in [2.24, 2.45) is 5.92 Å². The van der Waals surface area contributed by atoms with Crippen LogP contribution in [0, 0.1) is 16.0 Å². The Hall–Kier alpha value is -1.89. The van der Waals surface area contributed by atoms with Gasteiger partial charge in [-0.3, -0.25) is 14.9 Å². The van der Waals surface area contributed by atoms with E-state index in [9.17, 15) is 20.0 Å². The molecule has 0 aromatic carbocycles. The number of nitro groups is 1. The van der Waals surface area contributed by atoms with Gasteiger partial charge in [-0.15, -0.1) is 0 Å². The monoisotopic (exact) mass is 268 g/mol. The second-order valence-corrected chi connectivity index (χ2v) is 4.72. The van der Waals surface area contributed by atoms with E-state index in [2.05, 4.69) is 5.32 Å². The number of nitrogens with zero attached hydrogens (tertiary/aromatic N) is 1. The van der Waals surface area contributed by atoms with Crippen molar-refractivity contribution >= 4 is 11.8 Å². The largest absolute Gasteiger partial charge is 0.433 e. The second-order valence-electron chi connectivity index (χ2n) is 4.72. The summed E-state index contributed by atoms with van der Waals surface area (Å²) in [6, 6.07) is 2.37. The lowest BCUT2D eigenvalue weighted by atomic mass is 10.0. The quantitative estimate of drug-likeness (QED) is 0.621. The van der Waals surface area contributed by atoms with Gasteiger partial charge in [0, 0.05) is 6.54 Å². The molecule has 0 radical (unpaired) electrons. The fourth-order valence-electron chi connectivity index (χ4n) is 2.34. The van der Waals surface area contributed by atoms with E-state index in [1.165, 1.54) is 6.07 Å². The molecule has 7 nitrogen and oxygen atoms in total. The molecule has 0 spiro atoms. The molecule has 1 atom stereocenters. The Kier molecular flexibility index (Phi) is 4.16. The van der Waals surface area contributed by atoms with Crippen LogP contribution in [0.1, 0.15) is 36.2 Å². The van der Waals surface area contributed by atoms with Crippen molar-refractivity contribution in [3.05, 3.63) is 28.0 Å². The lowest BCUT2D eigenvalue weighted by Gasteiger charge is -2.17. The number of nitrogens with one attached hydrogen (secondary N) is 1. The van der Waals surface area contributed by atoms with Crippen LogP contribution in [0.4, 0.5) is 5.88 Å². The fourth-order valence-corrected chi connectivity index (χ4v) is 2.34. The van der Waals surface area contributed by atoms with Gasteiger partial charge in [0.25, 0.3) is 5.91 Å². The van der Waals surface area contributed by atoms with Crippen molar-refractivity contribution in [2.45, 2.75) is 31.8 Å². The lowest BCUT2D eigenvalue weighted by molar-refractivity contribution is -0.402. The third-order valence-electron chi connectivity index (χ3n) is 3.41. The number of aliphatic hydroxyl groups is 1. The van der Waals surface area contributed by atoms with Crippen LogP contribution in [0.3, 0.4) is 0 Å². The summed E-state index contributed by atoms with van der Waals surface area (Å²) in [6.07, 6.45) is 3.60. The average Bonchev–Trinajstić information content (AvgIpc) is 3.05. The van der Waals surface area contributed by atoms with Gasteiger partial charge in [0.15, 0.2) is 5.76 Å². The molecule has 1 fully saturated rings. The summed E-state index contributed by atoms with van der Waals surface area (Å²) in [5.74, 6) is -0.914. The molecule has 0 bridgehead atoms. The smallest absolute Gasteiger partial charge is 0.395 e. The predicted octanol–water partition coefficient (Wildman–Crippen LogP) is 1.47. The van der Waals surface area contributed by atoms with Crippen molar-refractivity contribution in [1.29, 1.82) is 0 Å². The van der Waals surface area contributed by atoms with Crippen molar-refractivity contribution in [2.75, 3.05) is 6.54 Å². The van der Waals surface area contributed by atoms with Crippen LogP contribution in [-0.4, -0.2) is 28.6 Å². The molecule has 1 amide bonds. The first kappa shape index (κ1) is 13.5. The van der Waals surface area contributed by atoms with Gasteiger partial charge in [-0.2, -0.15) is 0 Å². The highest BCUT2D eigenvalue weighted by Crippen LogP contribution is 2.27. The number of furan rings is 1. The Bertz CT molecular complexity index is 464. The van der Waals surface area contributed by atoms with E-state index in [0.717, 1.165) is 31.7 Å². The van der Waals surface area contributed by atoms with Crippen LogP contribution in [-0.2, 0) is 0 Å². The molecule has 1 aromatic rings. The normalized spacial score (nSPS) is 17.3. The minimum atomic E-state index is -0.704. The number of carbonyl (C=O) groups excluding carboxylic acids is 1. The molecule has 19 heavy (non-hydrogen) atoms. The highest BCUT2D eigenvalue weighted by molar-refractivity contribution is 5.91. The van der Waals surface area contributed by atoms with Crippen molar-refractivity contribution in [1.82, 2.24) is 5.32 Å². The minimum Gasteiger partial charge on any atom is -0.395 e. The summed E-state index contributed by atoms with van der Waals surface area (Å²) in [6.45, 7) is 0.137. The standard InChI is InChI=1S/C12H16N2O5/c15-9(8-3-1-2-4-8)7-13-12(16)10-5-6-11(19-10)14(17)18/h5-6,8-9,15H,1-4,7H2,(H,13,16). The first-order valence-electron chi connectivity index (χ1n) is 6.28. The zero-order chi connectivity index (χ0) is 13.8. The molecule has 0 saturated heterocycles. The van der Waals surface area contributed by atoms with Crippen molar-refractivity contribution in [3.8, 4) is 0 Å². The Labute approximate surface area is 109 Å². The topological polar surface area (TPSA) is 106 Å². The first-order chi connectivity index (χ1) is 9.08. The summed E-state index contributed by atoms with van der Waals surface area (Å²) in [7, 11) is 0. The van der Waals surface area contributed by atoms with Gasteiger partial charge in [0.1, 0.15) is 4.92 Å². The zero-order valence-corrected chi connectivity index (χ0v) is 10.4. The van der Waals surface area contributed by atoms with E-state index in [0.29, 0.717) is 0 Å². The molecular weight excluding hydrogens is 252 g/mol. The first-order valence-corrected chi connectivity index (χ1v) is 6.28. The fraction of sp³-hybridized carbons (Fsp3) is 0.583. The number of amides is 1. The molecule has 7 heteroatoms. The van der Waals surface area contributed by atoms with Crippen molar-refractivity contribution < 1.29 is 19.2 Å². The Balaban J connectivity index is 1.84. The van der Waals surface area contributed by atoms with Gasteiger partial charge in [-0.05, 0) is 24.8 Å². The number of rotatable bonds is 5. The third kappa shape index (κ3) is 3.31. The SMILES string of the molecule is O=C(NCC(O)C1CCCC1)c1ccc([N+](=O)[O-])o1. The van der Waals surface area contributed by atoms with Crippen molar-refractivity contribution in [3.63, 3.8) is 0 Å². The molecule has 104 valence electrons. The molecule has 0 aliphatic heterocycles. The highest BCUT2D eigenvalue weighted by Gasteiger charge is 2.24. The summed E-state index contributed by atoms with van der Waals surface area (Å²) in [5.41, 5.74) is 0. The van der Waals surface area contributed by atoms with Crippen LogP contribution >= 0.6 is 0 Å². The molecule has 1 saturated carbocycles. The van der Waals surface area contributed by atoms with E-state index in [1.54, 1.807) is 0 Å². The van der Waals surface area contributed by atoms with E-state index in [-0.39, 0.29) is 18.2 Å². The molecule has 1 unspecified atom stereocenters. The summed E-state index contributed by atoms with van der Waals surface area (Å²) < 4.78 is 4.77. The number of hydrogen-bond donors (Lipinski definition) is 2. The van der Waals surface area contributed by atoms with Crippen LogP contribution in [0.2, 0.25) is 0 Å². The van der Waals surface area contributed by atoms with Gasteiger partial charge in [0.2, 0.25) is 0 Å². The van der Waals surface area contributed by atoms with Gasteiger partial charge in [0.05, 0.1) is 12.2 Å². The molecule has 1 aromatic heterocycles.